The fraction of sp³-hybridized carbons (Fsp3) is 0.357. The molecule has 6 N–H and O–H groups in total. The maximum atomic E-state index is 6.27. The van der Waals surface area contributed by atoms with Gasteiger partial charge in [0.05, 0.1) is 35.9 Å². The number of benzene rings is 2. The van der Waals surface area contributed by atoms with Crippen LogP contribution < -0.4 is 11.5 Å². The van der Waals surface area contributed by atoms with E-state index in [1.807, 2.05) is 12.4 Å². The van der Waals surface area contributed by atoms with Gasteiger partial charge in [-0.25, -0.2) is 9.97 Å². The minimum absolute atomic E-state index is 0.0838. The van der Waals surface area contributed by atoms with Crippen LogP contribution in [0.1, 0.15) is 62.6 Å². The summed E-state index contributed by atoms with van der Waals surface area (Å²) in [7, 11) is 0. The Balaban J connectivity index is 1.42. The van der Waals surface area contributed by atoms with Gasteiger partial charge >= 0.3 is 0 Å². The van der Waals surface area contributed by atoms with E-state index >= 15 is 0 Å². The lowest BCUT2D eigenvalue weighted by Crippen LogP contribution is -2.18. The zero-order valence-corrected chi connectivity index (χ0v) is 20.4. The fourth-order valence-electron chi connectivity index (χ4n) is 4.67. The molecule has 1 aliphatic carbocycles. The Bertz CT molecular complexity index is 1210. The maximum Gasteiger partial charge on any atom is 0.123 e. The summed E-state index contributed by atoms with van der Waals surface area (Å²) in [4.78, 5) is 15.9. The van der Waals surface area contributed by atoms with Crippen LogP contribution in [0, 0.1) is 11.8 Å². The second-order valence-corrected chi connectivity index (χ2v) is 10.1. The van der Waals surface area contributed by atoms with Crippen molar-refractivity contribution in [1.82, 2.24) is 19.9 Å². The van der Waals surface area contributed by atoms with Gasteiger partial charge in [-0.05, 0) is 70.2 Å². The van der Waals surface area contributed by atoms with Gasteiger partial charge in [0.15, 0.2) is 0 Å². The molecule has 6 heteroatoms. The van der Waals surface area contributed by atoms with Gasteiger partial charge in [-0.1, -0.05) is 52.0 Å². The molecule has 4 aromatic rings. The van der Waals surface area contributed by atoms with Gasteiger partial charge in [0.1, 0.15) is 11.6 Å². The SMILES string of the molecule is CC(C)[C@H](N)c1ncc(-c2ccc3c(c2)CCc2cc(-c4cnc([C@@H](N)C(C)C)[nH]4)ccc2-3)[nH]1. The van der Waals surface area contributed by atoms with Crippen molar-refractivity contribution in [2.24, 2.45) is 23.3 Å². The molecule has 0 amide bonds. The molecule has 6 nitrogen and oxygen atoms in total. The highest BCUT2D eigenvalue weighted by Crippen LogP contribution is 2.37. The molecule has 1 aliphatic rings. The summed E-state index contributed by atoms with van der Waals surface area (Å²) in [6, 6.07) is 13.2. The highest BCUT2D eigenvalue weighted by Gasteiger charge is 2.20. The second kappa shape index (κ2) is 8.85. The molecular weight excluding hydrogens is 420 g/mol. The Morgan fingerprint density at radius 3 is 1.47 bits per heavy atom. The van der Waals surface area contributed by atoms with Crippen LogP contribution in [0.5, 0.6) is 0 Å². The van der Waals surface area contributed by atoms with E-state index in [0.717, 1.165) is 47.0 Å². The lowest BCUT2D eigenvalue weighted by atomic mass is 9.83. The zero-order chi connectivity index (χ0) is 24.0. The van der Waals surface area contributed by atoms with Crippen molar-refractivity contribution in [2.45, 2.75) is 52.6 Å². The highest BCUT2D eigenvalue weighted by atomic mass is 15.0. The lowest BCUT2D eigenvalue weighted by Gasteiger charge is -2.21. The number of H-pyrrole nitrogens is 2. The number of aromatic amines is 2. The van der Waals surface area contributed by atoms with Gasteiger partial charge < -0.3 is 21.4 Å². The van der Waals surface area contributed by atoms with Gasteiger partial charge in [0, 0.05) is 0 Å². The predicted molar refractivity (Wildman–Crippen MR) is 138 cm³/mol. The van der Waals surface area contributed by atoms with Gasteiger partial charge in [-0.3, -0.25) is 0 Å². The summed E-state index contributed by atoms with van der Waals surface area (Å²) in [5.74, 6) is 2.36. The van der Waals surface area contributed by atoms with Crippen LogP contribution in [-0.2, 0) is 12.8 Å². The summed E-state index contributed by atoms with van der Waals surface area (Å²) in [5, 5.41) is 0. The Morgan fingerprint density at radius 2 is 1.09 bits per heavy atom. The summed E-state index contributed by atoms with van der Waals surface area (Å²) in [5.41, 5.74) is 22.2. The summed E-state index contributed by atoms with van der Waals surface area (Å²) < 4.78 is 0. The number of nitrogens with zero attached hydrogens (tertiary/aromatic N) is 2. The number of aromatic nitrogens is 4. The van der Waals surface area contributed by atoms with E-state index in [-0.39, 0.29) is 12.1 Å². The van der Waals surface area contributed by atoms with Crippen LogP contribution in [0.2, 0.25) is 0 Å². The van der Waals surface area contributed by atoms with E-state index in [0.29, 0.717) is 11.8 Å². The standard InChI is InChI=1S/C28H34N6/c1-15(2)25(29)27-31-13-23(33-27)19-7-9-21-17(11-19)5-6-18-12-20(8-10-22(18)21)24-14-32-28(34-24)26(30)16(3)4/h7-16,25-26H,5-6,29-30H2,1-4H3,(H,31,33)(H,32,34)/t25-,26-/m0/s1. The molecular formula is C28H34N6. The van der Waals surface area contributed by atoms with Gasteiger partial charge in [-0.2, -0.15) is 0 Å². The molecule has 5 rings (SSSR count). The number of fused-ring (bicyclic) bond motifs is 3. The van der Waals surface area contributed by atoms with Gasteiger partial charge in [0.2, 0.25) is 0 Å². The molecule has 0 saturated carbocycles. The Hall–Kier alpha value is -3.22. The number of hydrogen-bond acceptors (Lipinski definition) is 4. The first-order valence-corrected chi connectivity index (χ1v) is 12.2. The third-order valence-corrected chi connectivity index (χ3v) is 7.05. The van der Waals surface area contributed by atoms with Crippen molar-refractivity contribution in [1.29, 1.82) is 0 Å². The molecule has 2 aromatic carbocycles. The molecule has 0 unspecified atom stereocenters. The number of aryl methyl sites for hydroxylation is 2. The highest BCUT2D eigenvalue weighted by molar-refractivity contribution is 5.79. The third-order valence-electron chi connectivity index (χ3n) is 7.05. The molecule has 34 heavy (non-hydrogen) atoms. The minimum Gasteiger partial charge on any atom is -0.341 e. The Morgan fingerprint density at radius 1 is 0.676 bits per heavy atom. The first kappa shape index (κ1) is 22.6. The third kappa shape index (κ3) is 4.08. The number of imidazole rings is 2. The molecule has 176 valence electrons. The van der Waals surface area contributed by atoms with Crippen molar-refractivity contribution < 1.29 is 0 Å². The second-order valence-electron chi connectivity index (χ2n) is 10.1. The molecule has 2 aromatic heterocycles. The summed E-state index contributed by atoms with van der Waals surface area (Å²) >= 11 is 0. The smallest absolute Gasteiger partial charge is 0.123 e. The van der Waals surface area contributed by atoms with Crippen molar-refractivity contribution in [3.63, 3.8) is 0 Å². The molecule has 2 heterocycles. The van der Waals surface area contributed by atoms with Crippen LogP contribution in [0.3, 0.4) is 0 Å². The Labute approximate surface area is 201 Å². The topological polar surface area (TPSA) is 109 Å². The fourth-order valence-corrected chi connectivity index (χ4v) is 4.67. The Kier molecular flexibility index (Phi) is 5.88. The molecule has 0 fully saturated rings. The normalized spacial score (nSPS) is 14.8. The minimum atomic E-state index is -0.0838. The molecule has 2 atom stereocenters. The first-order valence-electron chi connectivity index (χ1n) is 12.2. The van der Waals surface area contributed by atoms with Crippen molar-refractivity contribution in [3.8, 4) is 33.6 Å². The monoisotopic (exact) mass is 454 g/mol. The molecule has 0 aliphatic heterocycles. The van der Waals surface area contributed by atoms with Crippen LogP contribution in [-0.4, -0.2) is 19.9 Å². The van der Waals surface area contributed by atoms with Crippen LogP contribution in [0.25, 0.3) is 33.6 Å². The zero-order valence-electron chi connectivity index (χ0n) is 20.4. The van der Waals surface area contributed by atoms with Crippen LogP contribution >= 0.6 is 0 Å². The maximum absolute atomic E-state index is 6.27. The van der Waals surface area contributed by atoms with Crippen molar-refractivity contribution >= 4 is 0 Å². The van der Waals surface area contributed by atoms with Crippen LogP contribution in [0.15, 0.2) is 48.8 Å². The first-order chi connectivity index (χ1) is 16.3. The summed E-state index contributed by atoms with van der Waals surface area (Å²) in [6.45, 7) is 8.45. The number of rotatable bonds is 6. The van der Waals surface area contributed by atoms with Gasteiger partial charge in [-0.15, -0.1) is 0 Å². The van der Waals surface area contributed by atoms with E-state index < -0.39 is 0 Å². The van der Waals surface area contributed by atoms with Crippen molar-refractivity contribution in [2.75, 3.05) is 0 Å². The lowest BCUT2D eigenvalue weighted by molar-refractivity contribution is 0.494. The van der Waals surface area contributed by atoms with E-state index in [9.17, 15) is 0 Å². The van der Waals surface area contributed by atoms with Crippen molar-refractivity contribution in [3.05, 3.63) is 71.6 Å². The number of hydrogen-bond donors (Lipinski definition) is 4. The summed E-state index contributed by atoms with van der Waals surface area (Å²) in [6.07, 6.45) is 5.82. The average molecular weight is 455 g/mol. The number of nitrogens with one attached hydrogen (secondary N) is 2. The van der Waals surface area contributed by atoms with Crippen LogP contribution in [0.4, 0.5) is 0 Å². The van der Waals surface area contributed by atoms with E-state index in [4.69, 9.17) is 11.5 Å². The quantitative estimate of drug-likeness (QED) is 0.306. The average Bonchev–Trinajstić information content (AvgIpc) is 3.52. The molecule has 0 spiro atoms. The number of nitrogens with two attached hydrogens (primary N) is 2. The predicted octanol–water partition coefficient (Wildman–Crippen LogP) is 5.54. The molecule has 0 bridgehead atoms. The molecule has 0 radical (unpaired) electrons. The largest absolute Gasteiger partial charge is 0.341 e. The van der Waals surface area contributed by atoms with E-state index in [2.05, 4.69) is 84.0 Å². The van der Waals surface area contributed by atoms with E-state index in [1.165, 1.54) is 22.3 Å². The molecule has 0 saturated heterocycles. The van der Waals surface area contributed by atoms with E-state index in [1.54, 1.807) is 0 Å². The van der Waals surface area contributed by atoms with Gasteiger partial charge in [0.25, 0.3) is 0 Å².